The Morgan fingerprint density at radius 1 is 1.43 bits per heavy atom. The number of amides is 1. The van der Waals surface area contributed by atoms with Crippen LogP contribution in [0.1, 0.15) is 31.6 Å². The van der Waals surface area contributed by atoms with E-state index >= 15 is 0 Å². The molecule has 1 amide bonds. The predicted molar refractivity (Wildman–Crippen MR) is 83.3 cm³/mol. The highest BCUT2D eigenvalue weighted by atomic mass is 32.1. The molecule has 0 bridgehead atoms. The summed E-state index contributed by atoms with van der Waals surface area (Å²) in [6, 6.07) is 4.16. The average molecular weight is 309 g/mol. The molecule has 4 atom stereocenters. The fraction of sp³-hybridized carbons (Fsp3) is 0.625. The molecule has 2 unspecified atom stereocenters. The lowest BCUT2D eigenvalue weighted by atomic mass is 9.94. The summed E-state index contributed by atoms with van der Waals surface area (Å²) < 4.78 is 0. The van der Waals surface area contributed by atoms with Gasteiger partial charge in [-0.25, -0.2) is 0 Å². The van der Waals surface area contributed by atoms with Gasteiger partial charge in [-0.1, -0.05) is 13.0 Å². The van der Waals surface area contributed by atoms with Gasteiger partial charge in [0, 0.05) is 24.4 Å². The quantitative estimate of drug-likeness (QED) is 0.910. The van der Waals surface area contributed by atoms with Gasteiger partial charge in [0.1, 0.15) is 0 Å². The third-order valence-corrected chi connectivity index (χ3v) is 5.42. The minimum atomic E-state index is -0.836. The van der Waals surface area contributed by atoms with Gasteiger partial charge >= 0.3 is 5.97 Å². The second-order valence-electron chi connectivity index (χ2n) is 6.21. The van der Waals surface area contributed by atoms with E-state index in [0.717, 1.165) is 6.42 Å². The number of carboxylic acid groups (broad SMARTS) is 1. The number of likely N-dealkylation sites (N-methyl/N-ethyl adjacent to an activating group) is 1. The molecule has 1 heterocycles. The van der Waals surface area contributed by atoms with Crippen molar-refractivity contribution in [2.24, 2.45) is 17.8 Å². The van der Waals surface area contributed by atoms with Gasteiger partial charge in [0.15, 0.2) is 0 Å². The third-order valence-electron chi connectivity index (χ3n) is 4.52. The van der Waals surface area contributed by atoms with Crippen LogP contribution in [0.4, 0.5) is 0 Å². The lowest BCUT2D eigenvalue weighted by molar-refractivity contribution is -0.149. The first-order valence-electron chi connectivity index (χ1n) is 7.42. The van der Waals surface area contributed by atoms with Gasteiger partial charge in [-0.3, -0.25) is 9.59 Å². The number of carboxylic acids is 1. The van der Waals surface area contributed by atoms with E-state index in [-0.39, 0.29) is 17.9 Å². The van der Waals surface area contributed by atoms with Crippen LogP contribution in [-0.4, -0.2) is 35.0 Å². The summed E-state index contributed by atoms with van der Waals surface area (Å²) in [5.74, 6) is -1.44. The van der Waals surface area contributed by atoms with Crippen LogP contribution >= 0.6 is 11.3 Å². The highest BCUT2D eigenvalue weighted by molar-refractivity contribution is 7.09. The molecule has 0 saturated heterocycles. The van der Waals surface area contributed by atoms with E-state index in [2.05, 4.69) is 6.07 Å². The molecule has 0 spiro atoms. The Labute approximate surface area is 129 Å². The highest BCUT2D eigenvalue weighted by Crippen LogP contribution is 2.37. The van der Waals surface area contributed by atoms with E-state index in [1.807, 2.05) is 25.3 Å². The number of aliphatic carboxylic acids is 1. The molecule has 1 aliphatic rings. The van der Waals surface area contributed by atoms with Crippen LogP contribution in [-0.2, 0) is 16.0 Å². The molecule has 116 valence electrons. The third kappa shape index (κ3) is 3.64. The topological polar surface area (TPSA) is 57.6 Å². The Morgan fingerprint density at radius 2 is 2.10 bits per heavy atom. The summed E-state index contributed by atoms with van der Waals surface area (Å²) in [6.45, 7) is 4.05. The summed E-state index contributed by atoms with van der Waals surface area (Å²) in [5.41, 5.74) is 0. The van der Waals surface area contributed by atoms with Crippen molar-refractivity contribution in [2.45, 2.75) is 39.2 Å². The summed E-state index contributed by atoms with van der Waals surface area (Å²) in [7, 11) is 1.79. The van der Waals surface area contributed by atoms with Crippen molar-refractivity contribution in [3.05, 3.63) is 22.4 Å². The molecule has 0 aliphatic heterocycles. The summed E-state index contributed by atoms with van der Waals surface area (Å²) >= 11 is 1.69. The maximum Gasteiger partial charge on any atom is 0.307 e. The van der Waals surface area contributed by atoms with Crippen LogP contribution in [0.2, 0.25) is 0 Å². The van der Waals surface area contributed by atoms with Crippen LogP contribution in [0.15, 0.2) is 17.5 Å². The maximum atomic E-state index is 12.6. The van der Waals surface area contributed by atoms with Gasteiger partial charge in [-0.05, 0) is 37.1 Å². The van der Waals surface area contributed by atoms with E-state index in [9.17, 15) is 14.7 Å². The first-order chi connectivity index (χ1) is 9.90. The van der Waals surface area contributed by atoms with Crippen molar-refractivity contribution in [1.82, 2.24) is 4.90 Å². The standard InChI is InChI=1S/C16H23NO3S/c1-10-7-13(14(8-10)16(19)20)15(18)17(3)11(2)9-12-5-4-6-21-12/h4-6,10-11,13-14H,7-9H2,1-3H3,(H,19,20)/t10?,11?,13-,14+/m0/s1. The van der Waals surface area contributed by atoms with E-state index in [1.54, 1.807) is 23.3 Å². The fourth-order valence-electron chi connectivity index (χ4n) is 3.17. The second-order valence-corrected chi connectivity index (χ2v) is 7.24. The van der Waals surface area contributed by atoms with Gasteiger partial charge in [0.25, 0.3) is 0 Å². The number of carbonyl (C=O) groups is 2. The predicted octanol–water partition coefficient (Wildman–Crippen LogP) is 2.88. The number of nitrogens with zero attached hydrogens (tertiary/aromatic N) is 1. The normalized spacial score (nSPS) is 26.5. The van der Waals surface area contributed by atoms with Crippen LogP contribution in [0.3, 0.4) is 0 Å². The smallest absolute Gasteiger partial charge is 0.307 e. The Bertz CT molecular complexity index is 500. The van der Waals surface area contributed by atoms with Crippen LogP contribution < -0.4 is 0 Å². The minimum Gasteiger partial charge on any atom is -0.481 e. The molecule has 1 aliphatic carbocycles. The molecule has 1 fully saturated rings. The Kier molecular flexibility index (Phi) is 5.04. The monoisotopic (exact) mass is 309 g/mol. The van der Waals surface area contributed by atoms with Crippen molar-refractivity contribution in [3.8, 4) is 0 Å². The van der Waals surface area contributed by atoms with E-state index in [0.29, 0.717) is 18.8 Å². The summed E-state index contributed by atoms with van der Waals surface area (Å²) in [4.78, 5) is 27.0. The Hall–Kier alpha value is -1.36. The lowest BCUT2D eigenvalue weighted by Crippen LogP contribution is -2.42. The van der Waals surface area contributed by atoms with Gasteiger partial charge in [-0.15, -0.1) is 11.3 Å². The van der Waals surface area contributed by atoms with E-state index in [4.69, 9.17) is 0 Å². The molecular formula is C16H23NO3S. The lowest BCUT2D eigenvalue weighted by Gasteiger charge is -2.28. The van der Waals surface area contributed by atoms with Gasteiger partial charge in [-0.2, -0.15) is 0 Å². The highest BCUT2D eigenvalue weighted by Gasteiger charge is 2.42. The maximum absolute atomic E-state index is 12.6. The molecule has 21 heavy (non-hydrogen) atoms. The zero-order valence-corrected chi connectivity index (χ0v) is 13.6. The fourth-order valence-corrected chi connectivity index (χ4v) is 4.00. The largest absolute Gasteiger partial charge is 0.481 e. The number of thiophene rings is 1. The first kappa shape index (κ1) is 16.0. The van der Waals surface area contributed by atoms with Gasteiger partial charge in [0.2, 0.25) is 5.91 Å². The molecule has 0 radical (unpaired) electrons. The number of rotatable bonds is 5. The van der Waals surface area contributed by atoms with Crippen LogP contribution in [0, 0.1) is 17.8 Å². The van der Waals surface area contributed by atoms with Crippen molar-refractivity contribution in [2.75, 3.05) is 7.05 Å². The number of hydrogen-bond acceptors (Lipinski definition) is 3. The summed E-state index contributed by atoms with van der Waals surface area (Å²) in [6.07, 6.45) is 2.12. The number of hydrogen-bond donors (Lipinski definition) is 1. The van der Waals surface area contributed by atoms with Crippen molar-refractivity contribution >= 4 is 23.2 Å². The van der Waals surface area contributed by atoms with Crippen LogP contribution in [0.5, 0.6) is 0 Å². The average Bonchev–Trinajstić information content (AvgIpc) is 3.06. The second kappa shape index (κ2) is 6.60. The molecular weight excluding hydrogens is 286 g/mol. The SMILES string of the molecule is CC1C[C@H](C(=O)N(C)C(C)Cc2cccs2)[C@H](C(=O)O)C1. The van der Waals surface area contributed by atoms with Crippen LogP contribution in [0.25, 0.3) is 0 Å². The van der Waals surface area contributed by atoms with Gasteiger partial charge < -0.3 is 10.0 Å². The molecule has 2 rings (SSSR count). The van der Waals surface area contributed by atoms with Crippen molar-refractivity contribution < 1.29 is 14.7 Å². The number of carbonyl (C=O) groups excluding carboxylic acids is 1. The zero-order valence-electron chi connectivity index (χ0n) is 12.8. The molecule has 1 aromatic heterocycles. The summed E-state index contributed by atoms with van der Waals surface area (Å²) in [5, 5.41) is 11.3. The minimum absolute atomic E-state index is 0.0178. The molecule has 5 heteroatoms. The molecule has 1 N–H and O–H groups in total. The first-order valence-corrected chi connectivity index (χ1v) is 8.30. The van der Waals surface area contributed by atoms with Crippen molar-refractivity contribution in [1.29, 1.82) is 0 Å². The zero-order chi connectivity index (χ0) is 15.6. The van der Waals surface area contributed by atoms with Gasteiger partial charge in [0.05, 0.1) is 11.8 Å². The molecule has 1 aromatic rings. The molecule has 4 nitrogen and oxygen atoms in total. The molecule has 0 aromatic carbocycles. The Balaban J connectivity index is 2.02. The Morgan fingerprint density at radius 3 is 2.67 bits per heavy atom. The van der Waals surface area contributed by atoms with E-state index in [1.165, 1.54) is 4.88 Å². The molecule has 1 saturated carbocycles. The van der Waals surface area contributed by atoms with Crippen molar-refractivity contribution in [3.63, 3.8) is 0 Å². The van der Waals surface area contributed by atoms with E-state index < -0.39 is 11.9 Å².